The van der Waals surface area contributed by atoms with Gasteiger partial charge in [-0.2, -0.15) is 0 Å². The Morgan fingerprint density at radius 2 is 1.96 bits per heavy atom. The van der Waals surface area contributed by atoms with E-state index in [1.54, 1.807) is 12.5 Å². The molecular formula is C19H18N4S. The Labute approximate surface area is 145 Å². The van der Waals surface area contributed by atoms with Gasteiger partial charge in [0.2, 0.25) is 0 Å². The summed E-state index contributed by atoms with van der Waals surface area (Å²) in [5, 5.41) is 3.46. The van der Waals surface area contributed by atoms with Gasteiger partial charge in [-0.05, 0) is 41.4 Å². The molecule has 1 N–H and O–H groups in total. The number of nitrogens with one attached hydrogen (secondary N) is 1. The van der Waals surface area contributed by atoms with E-state index >= 15 is 0 Å². The Kier molecular flexibility index (Phi) is 4.42. The number of aromatic nitrogens is 3. The second-order valence-corrected chi connectivity index (χ2v) is 6.85. The maximum Gasteiger partial charge on any atom is 0.143 e. The van der Waals surface area contributed by atoms with Crippen LogP contribution in [0.15, 0.2) is 60.0 Å². The molecule has 0 saturated carbocycles. The van der Waals surface area contributed by atoms with Crippen LogP contribution >= 0.6 is 11.8 Å². The van der Waals surface area contributed by atoms with E-state index in [0.29, 0.717) is 0 Å². The van der Waals surface area contributed by atoms with Crippen molar-refractivity contribution in [3.63, 3.8) is 0 Å². The molecule has 0 saturated heterocycles. The lowest BCUT2D eigenvalue weighted by atomic mass is 10.1. The average molecular weight is 334 g/mol. The average Bonchev–Trinajstić information content (AvgIpc) is 2.67. The van der Waals surface area contributed by atoms with Gasteiger partial charge in [-0.25, -0.2) is 9.97 Å². The van der Waals surface area contributed by atoms with E-state index in [9.17, 15) is 0 Å². The molecule has 0 unspecified atom stereocenters. The lowest BCUT2D eigenvalue weighted by Gasteiger charge is -2.17. The summed E-state index contributed by atoms with van der Waals surface area (Å²) in [5.41, 5.74) is 4.73. The number of fused-ring (bicyclic) bond motifs is 1. The highest BCUT2D eigenvalue weighted by atomic mass is 32.2. The molecule has 0 radical (unpaired) electrons. The summed E-state index contributed by atoms with van der Waals surface area (Å²) in [7, 11) is 0. The Balaban J connectivity index is 1.47. The van der Waals surface area contributed by atoms with Crippen LogP contribution in [0.1, 0.15) is 17.7 Å². The van der Waals surface area contributed by atoms with Crippen LogP contribution in [0.3, 0.4) is 0 Å². The van der Waals surface area contributed by atoms with E-state index in [0.717, 1.165) is 30.1 Å². The largest absolute Gasteiger partial charge is 0.365 e. The second-order valence-electron chi connectivity index (χ2n) is 5.74. The van der Waals surface area contributed by atoms with Gasteiger partial charge >= 0.3 is 0 Å². The summed E-state index contributed by atoms with van der Waals surface area (Å²) >= 11 is 1.86. The van der Waals surface area contributed by atoms with Gasteiger partial charge in [-0.3, -0.25) is 4.98 Å². The minimum Gasteiger partial charge on any atom is -0.365 e. The van der Waals surface area contributed by atoms with Crippen LogP contribution in [0, 0.1) is 0 Å². The third-order valence-corrected chi connectivity index (χ3v) is 5.30. The summed E-state index contributed by atoms with van der Waals surface area (Å²) < 4.78 is 0. The van der Waals surface area contributed by atoms with Gasteiger partial charge in [0.25, 0.3) is 0 Å². The first-order valence-corrected chi connectivity index (χ1v) is 9.08. The Morgan fingerprint density at radius 3 is 2.79 bits per heavy atom. The maximum absolute atomic E-state index is 4.42. The van der Waals surface area contributed by atoms with Crippen LogP contribution in [0.2, 0.25) is 0 Å². The van der Waals surface area contributed by atoms with E-state index in [4.69, 9.17) is 0 Å². The molecule has 0 bridgehead atoms. The molecule has 3 heterocycles. The minimum absolute atomic E-state index is 0.761. The van der Waals surface area contributed by atoms with Gasteiger partial charge in [-0.15, -0.1) is 11.8 Å². The number of nitrogens with zero attached hydrogens (tertiary/aromatic N) is 3. The van der Waals surface area contributed by atoms with Gasteiger partial charge in [0.15, 0.2) is 0 Å². The fourth-order valence-corrected chi connectivity index (χ4v) is 3.89. The first-order valence-electron chi connectivity index (χ1n) is 8.10. The lowest BCUT2D eigenvalue weighted by molar-refractivity contribution is 0.827. The fraction of sp³-hybridized carbons (Fsp3) is 0.211. The molecule has 4 nitrogen and oxygen atoms in total. The number of hydrogen-bond acceptors (Lipinski definition) is 5. The van der Waals surface area contributed by atoms with E-state index in [2.05, 4.69) is 50.6 Å². The number of pyridine rings is 1. The molecule has 0 spiro atoms. The molecular weight excluding hydrogens is 316 g/mol. The Hall–Kier alpha value is -2.40. The highest BCUT2D eigenvalue weighted by molar-refractivity contribution is 7.99. The highest BCUT2D eigenvalue weighted by Crippen LogP contribution is 2.33. The summed E-state index contributed by atoms with van der Waals surface area (Å²) in [5.74, 6) is 2.11. The van der Waals surface area contributed by atoms with Gasteiger partial charge in [0.1, 0.15) is 12.1 Å². The normalized spacial score (nSPS) is 13.3. The predicted octanol–water partition coefficient (Wildman–Crippen LogP) is 4.19. The third kappa shape index (κ3) is 3.26. The minimum atomic E-state index is 0.761. The zero-order chi connectivity index (χ0) is 16.2. The number of rotatable bonds is 4. The van der Waals surface area contributed by atoms with Gasteiger partial charge in [-0.1, -0.05) is 30.3 Å². The van der Waals surface area contributed by atoms with Crippen molar-refractivity contribution in [1.82, 2.24) is 15.0 Å². The van der Waals surface area contributed by atoms with Crippen molar-refractivity contribution >= 4 is 17.6 Å². The molecule has 24 heavy (non-hydrogen) atoms. The molecule has 1 aliphatic heterocycles. The first kappa shape index (κ1) is 15.1. The molecule has 1 aliphatic rings. The number of thioether (sulfide) groups is 1. The highest BCUT2D eigenvalue weighted by Gasteiger charge is 2.15. The first-order chi connectivity index (χ1) is 11.9. The number of benzene rings is 1. The standard InChI is InChI=1S/C19H18N4S/c1-3-16(12-20-9-1)15-7-5-14(6-8-15)11-21-19-18-17(22-13-23-19)4-2-10-24-18/h1,3,5-9,12-13H,2,4,10-11H2,(H,21,22,23). The Bertz CT molecular complexity index is 819. The molecule has 5 heteroatoms. The zero-order valence-corrected chi connectivity index (χ0v) is 14.1. The van der Waals surface area contributed by atoms with E-state index in [1.807, 2.05) is 24.0 Å². The van der Waals surface area contributed by atoms with Crippen molar-refractivity contribution in [3.05, 3.63) is 66.4 Å². The SMILES string of the molecule is c1cncc(-c2ccc(CNc3ncnc4c3SCCC4)cc2)c1. The molecule has 0 atom stereocenters. The van der Waals surface area contributed by atoms with Crippen LogP contribution in [0.4, 0.5) is 5.82 Å². The third-order valence-electron chi connectivity index (χ3n) is 4.09. The predicted molar refractivity (Wildman–Crippen MR) is 98.1 cm³/mol. The van der Waals surface area contributed by atoms with E-state index < -0.39 is 0 Å². The number of anilines is 1. The number of hydrogen-bond donors (Lipinski definition) is 1. The molecule has 1 aromatic carbocycles. The summed E-state index contributed by atoms with van der Waals surface area (Å²) in [6.07, 6.45) is 7.60. The molecule has 3 aromatic rings. The van der Waals surface area contributed by atoms with Crippen molar-refractivity contribution in [2.45, 2.75) is 24.3 Å². The maximum atomic E-state index is 4.42. The fourth-order valence-electron chi connectivity index (χ4n) is 2.81. The summed E-state index contributed by atoms with van der Waals surface area (Å²) in [6.45, 7) is 0.761. The second kappa shape index (κ2) is 7.01. The molecule has 0 aliphatic carbocycles. The van der Waals surface area contributed by atoms with Gasteiger partial charge in [0, 0.05) is 18.9 Å². The Morgan fingerprint density at radius 1 is 1.04 bits per heavy atom. The lowest BCUT2D eigenvalue weighted by Crippen LogP contribution is -2.09. The molecule has 0 fully saturated rings. The van der Waals surface area contributed by atoms with E-state index in [-0.39, 0.29) is 0 Å². The molecule has 0 amide bonds. The van der Waals surface area contributed by atoms with Crippen LogP contribution in [-0.2, 0) is 13.0 Å². The van der Waals surface area contributed by atoms with Crippen LogP contribution in [-0.4, -0.2) is 20.7 Å². The summed E-state index contributed by atoms with van der Waals surface area (Å²) in [6, 6.07) is 12.6. The molecule has 4 rings (SSSR count). The van der Waals surface area contributed by atoms with Crippen molar-refractivity contribution in [3.8, 4) is 11.1 Å². The van der Waals surface area contributed by atoms with Crippen LogP contribution in [0.5, 0.6) is 0 Å². The monoisotopic (exact) mass is 334 g/mol. The summed E-state index contributed by atoms with van der Waals surface area (Å²) in [4.78, 5) is 14.2. The van der Waals surface area contributed by atoms with Crippen LogP contribution in [0.25, 0.3) is 11.1 Å². The quantitative estimate of drug-likeness (QED) is 0.775. The number of aryl methyl sites for hydroxylation is 1. The van der Waals surface area contributed by atoms with Crippen molar-refractivity contribution in [1.29, 1.82) is 0 Å². The van der Waals surface area contributed by atoms with Crippen molar-refractivity contribution < 1.29 is 0 Å². The van der Waals surface area contributed by atoms with E-state index in [1.165, 1.54) is 28.1 Å². The van der Waals surface area contributed by atoms with Gasteiger partial charge in [0.05, 0.1) is 10.6 Å². The van der Waals surface area contributed by atoms with Gasteiger partial charge < -0.3 is 5.32 Å². The van der Waals surface area contributed by atoms with Crippen molar-refractivity contribution in [2.24, 2.45) is 0 Å². The topological polar surface area (TPSA) is 50.7 Å². The smallest absolute Gasteiger partial charge is 0.143 e. The molecule has 120 valence electrons. The van der Waals surface area contributed by atoms with Crippen molar-refractivity contribution in [2.75, 3.05) is 11.1 Å². The zero-order valence-electron chi connectivity index (χ0n) is 13.3. The van der Waals surface area contributed by atoms with Crippen LogP contribution < -0.4 is 5.32 Å². The molecule has 2 aromatic heterocycles.